The van der Waals surface area contributed by atoms with Crippen molar-refractivity contribution < 1.29 is 9.18 Å². The highest BCUT2D eigenvalue weighted by molar-refractivity contribution is 9.10. The summed E-state index contributed by atoms with van der Waals surface area (Å²) in [4.78, 5) is 12.1. The maximum Gasteiger partial charge on any atom is 0.255 e. The van der Waals surface area contributed by atoms with Crippen LogP contribution in [0.1, 0.15) is 10.4 Å². The van der Waals surface area contributed by atoms with Gasteiger partial charge in [-0.2, -0.15) is 0 Å². The van der Waals surface area contributed by atoms with E-state index in [4.69, 9.17) is 0 Å². The topological polar surface area (TPSA) is 29.1 Å². The van der Waals surface area contributed by atoms with E-state index in [2.05, 4.69) is 33.9 Å². The molecule has 0 fully saturated rings. The lowest BCUT2D eigenvalue weighted by molar-refractivity contribution is 0.102. The summed E-state index contributed by atoms with van der Waals surface area (Å²) in [6, 6.07) is 11.3. The molecule has 0 radical (unpaired) electrons. The molecule has 2 aromatic carbocycles. The minimum atomic E-state index is -0.447. The molecule has 18 heavy (non-hydrogen) atoms. The predicted molar refractivity (Wildman–Crippen MR) is 75.7 cm³/mol. The molecule has 0 saturated carbocycles. The first kappa shape index (κ1) is 13.1. The Morgan fingerprint density at radius 2 is 2.00 bits per heavy atom. The number of carbonyl (C=O) groups excluding carboxylic acids is 1. The maximum atomic E-state index is 13.0. The molecule has 2 aromatic rings. The van der Waals surface area contributed by atoms with Crippen molar-refractivity contribution in [2.45, 2.75) is 4.90 Å². The Labute approximate surface area is 118 Å². The highest BCUT2D eigenvalue weighted by Crippen LogP contribution is 2.18. The summed E-state index contributed by atoms with van der Waals surface area (Å²) in [7, 11) is 0. The molecule has 5 heteroatoms. The maximum absolute atomic E-state index is 13.0. The lowest BCUT2D eigenvalue weighted by Gasteiger charge is -2.06. The Morgan fingerprint density at radius 1 is 1.22 bits per heavy atom. The van der Waals surface area contributed by atoms with Crippen LogP contribution in [0.3, 0.4) is 0 Å². The van der Waals surface area contributed by atoms with Gasteiger partial charge in [0.25, 0.3) is 5.91 Å². The summed E-state index contributed by atoms with van der Waals surface area (Å²) in [5, 5.41) is 2.72. The Balaban J connectivity index is 2.19. The van der Waals surface area contributed by atoms with Gasteiger partial charge in [0.2, 0.25) is 0 Å². The van der Waals surface area contributed by atoms with Gasteiger partial charge in [-0.25, -0.2) is 4.39 Å². The van der Waals surface area contributed by atoms with Crippen LogP contribution in [0.15, 0.2) is 51.8 Å². The molecule has 0 aliphatic rings. The number of benzene rings is 2. The molecule has 0 aliphatic heterocycles. The van der Waals surface area contributed by atoms with E-state index in [1.54, 1.807) is 12.1 Å². The third-order valence-corrected chi connectivity index (χ3v) is 3.13. The second kappa shape index (κ2) is 5.54. The number of nitrogens with one attached hydrogen (secondary N) is 1. The zero-order chi connectivity index (χ0) is 13.1. The third-order valence-electron chi connectivity index (χ3n) is 2.29. The highest BCUT2D eigenvalue weighted by Gasteiger charge is 2.08. The number of thiol groups is 1. The number of rotatable bonds is 2. The van der Waals surface area contributed by atoms with E-state index in [9.17, 15) is 9.18 Å². The van der Waals surface area contributed by atoms with Crippen LogP contribution in [0.4, 0.5) is 10.1 Å². The monoisotopic (exact) mass is 325 g/mol. The van der Waals surface area contributed by atoms with Crippen LogP contribution in [0.25, 0.3) is 0 Å². The Bertz CT molecular complexity index is 603. The van der Waals surface area contributed by atoms with Gasteiger partial charge in [0, 0.05) is 20.6 Å². The first-order chi connectivity index (χ1) is 8.56. The molecular weight excluding hydrogens is 317 g/mol. The second-order valence-corrected chi connectivity index (χ2v) is 5.03. The number of halogens is 2. The van der Waals surface area contributed by atoms with Gasteiger partial charge in [0.05, 0.1) is 0 Å². The van der Waals surface area contributed by atoms with Crippen molar-refractivity contribution in [2.24, 2.45) is 0 Å². The number of hydrogen-bond acceptors (Lipinski definition) is 2. The molecule has 0 aromatic heterocycles. The molecule has 0 unspecified atom stereocenters. The minimum absolute atomic E-state index is 0.150. The van der Waals surface area contributed by atoms with E-state index in [1.165, 1.54) is 18.2 Å². The molecule has 0 saturated heterocycles. The van der Waals surface area contributed by atoms with Crippen molar-refractivity contribution in [1.82, 2.24) is 0 Å². The largest absolute Gasteiger partial charge is 0.322 e. The lowest BCUT2D eigenvalue weighted by Crippen LogP contribution is -2.11. The normalized spacial score (nSPS) is 10.2. The van der Waals surface area contributed by atoms with Gasteiger partial charge in [-0.1, -0.05) is 22.0 Å². The van der Waals surface area contributed by atoms with E-state index < -0.39 is 5.82 Å². The Kier molecular flexibility index (Phi) is 4.04. The summed E-state index contributed by atoms with van der Waals surface area (Å²) in [5.41, 5.74) is 1.03. The molecular formula is C13H9BrFNOS. The highest BCUT2D eigenvalue weighted by atomic mass is 79.9. The van der Waals surface area contributed by atoms with Crippen LogP contribution < -0.4 is 5.32 Å². The van der Waals surface area contributed by atoms with Crippen molar-refractivity contribution in [1.29, 1.82) is 0 Å². The Hall–Kier alpha value is -1.33. The van der Waals surface area contributed by atoms with E-state index in [0.29, 0.717) is 11.3 Å². The van der Waals surface area contributed by atoms with Crippen LogP contribution in [-0.2, 0) is 0 Å². The first-order valence-electron chi connectivity index (χ1n) is 5.12. The van der Waals surface area contributed by atoms with E-state index in [1.807, 2.05) is 12.1 Å². The van der Waals surface area contributed by atoms with Gasteiger partial charge in [0.1, 0.15) is 5.82 Å². The van der Waals surface area contributed by atoms with Crippen molar-refractivity contribution >= 4 is 40.2 Å². The lowest BCUT2D eigenvalue weighted by atomic mass is 10.2. The second-order valence-electron chi connectivity index (χ2n) is 3.63. The summed E-state index contributed by atoms with van der Waals surface area (Å²) >= 11 is 7.26. The zero-order valence-electron chi connectivity index (χ0n) is 9.15. The molecule has 1 amide bonds. The summed E-state index contributed by atoms with van der Waals surface area (Å²) < 4.78 is 13.9. The molecule has 0 heterocycles. The molecule has 1 N–H and O–H groups in total. The van der Waals surface area contributed by atoms with Crippen molar-refractivity contribution in [3.05, 3.63) is 58.3 Å². The SMILES string of the molecule is O=C(Nc1cccc(Br)c1)c1ccc(F)c(S)c1. The van der Waals surface area contributed by atoms with Gasteiger partial charge in [-0.3, -0.25) is 4.79 Å². The summed E-state index contributed by atoms with van der Waals surface area (Å²) in [5.74, 6) is -0.749. The summed E-state index contributed by atoms with van der Waals surface area (Å²) in [6.07, 6.45) is 0. The molecule has 92 valence electrons. The average molecular weight is 326 g/mol. The fourth-order valence-electron chi connectivity index (χ4n) is 1.42. The molecule has 2 rings (SSSR count). The van der Waals surface area contributed by atoms with E-state index in [0.717, 1.165) is 4.47 Å². The smallest absolute Gasteiger partial charge is 0.255 e. The number of hydrogen-bond donors (Lipinski definition) is 2. The van der Waals surface area contributed by atoms with Gasteiger partial charge in [-0.05, 0) is 36.4 Å². The molecule has 0 aliphatic carbocycles. The molecule has 2 nitrogen and oxygen atoms in total. The zero-order valence-corrected chi connectivity index (χ0v) is 11.6. The van der Waals surface area contributed by atoms with E-state index >= 15 is 0 Å². The van der Waals surface area contributed by atoms with Crippen molar-refractivity contribution in [2.75, 3.05) is 5.32 Å². The van der Waals surface area contributed by atoms with Crippen LogP contribution >= 0.6 is 28.6 Å². The number of anilines is 1. The first-order valence-corrected chi connectivity index (χ1v) is 6.36. The standard InChI is InChI=1S/C13H9BrFNOS/c14-9-2-1-3-10(7-9)16-13(17)8-4-5-11(15)12(18)6-8/h1-7,18H,(H,16,17). The van der Waals surface area contributed by atoms with Crippen LogP contribution in [0, 0.1) is 5.82 Å². The van der Waals surface area contributed by atoms with Gasteiger partial charge in [0.15, 0.2) is 0 Å². The fourth-order valence-corrected chi connectivity index (χ4v) is 2.04. The fraction of sp³-hybridized carbons (Fsp3) is 0. The molecule has 0 atom stereocenters. The van der Waals surface area contributed by atoms with Crippen LogP contribution in [-0.4, -0.2) is 5.91 Å². The minimum Gasteiger partial charge on any atom is -0.322 e. The Morgan fingerprint density at radius 3 is 2.67 bits per heavy atom. The predicted octanol–water partition coefficient (Wildman–Crippen LogP) is 4.13. The van der Waals surface area contributed by atoms with Gasteiger partial charge in [-0.15, -0.1) is 12.6 Å². The number of amides is 1. The number of carbonyl (C=O) groups is 1. The molecule has 0 bridgehead atoms. The quantitative estimate of drug-likeness (QED) is 0.799. The van der Waals surface area contributed by atoms with Crippen LogP contribution in [0.5, 0.6) is 0 Å². The third kappa shape index (κ3) is 3.11. The van der Waals surface area contributed by atoms with Crippen molar-refractivity contribution in [3.8, 4) is 0 Å². The summed E-state index contributed by atoms with van der Waals surface area (Å²) in [6.45, 7) is 0. The van der Waals surface area contributed by atoms with Gasteiger partial charge >= 0.3 is 0 Å². The average Bonchev–Trinajstić information content (AvgIpc) is 2.32. The molecule has 0 spiro atoms. The van der Waals surface area contributed by atoms with E-state index in [-0.39, 0.29) is 10.8 Å². The van der Waals surface area contributed by atoms with Gasteiger partial charge < -0.3 is 5.32 Å². The van der Waals surface area contributed by atoms with Crippen LogP contribution in [0.2, 0.25) is 0 Å². The van der Waals surface area contributed by atoms with Crippen molar-refractivity contribution in [3.63, 3.8) is 0 Å².